The van der Waals surface area contributed by atoms with Crippen LogP contribution in [0, 0.1) is 20.8 Å². The van der Waals surface area contributed by atoms with E-state index in [0.29, 0.717) is 4.80 Å². The second-order valence-corrected chi connectivity index (χ2v) is 7.58. The Hall–Kier alpha value is -2.73. The number of amides is 1. The van der Waals surface area contributed by atoms with Gasteiger partial charge in [-0.25, -0.2) is 0 Å². The number of hydrogen-bond donors (Lipinski definition) is 0. The molecule has 3 rings (SSSR count). The lowest BCUT2D eigenvalue weighted by Crippen LogP contribution is -2.22. The van der Waals surface area contributed by atoms with E-state index >= 15 is 0 Å². The number of rotatable bonds is 4. The monoisotopic (exact) mass is 382 g/mol. The van der Waals surface area contributed by atoms with E-state index in [1.165, 1.54) is 24.0 Å². The van der Waals surface area contributed by atoms with Crippen LogP contribution < -0.4 is 4.80 Å². The van der Waals surface area contributed by atoms with Crippen LogP contribution in [0.3, 0.4) is 0 Å². The van der Waals surface area contributed by atoms with Crippen LogP contribution in [0.4, 0.5) is 0 Å². The number of aromatic nitrogens is 1. The largest absolute Gasteiger partial charge is 0.468 e. The van der Waals surface area contributed by atoms with Crippen LogP contribution in [0.1, 0.15) is 22.3 Å². The first kappa shape index (κ1) is 19.0. The Morgan fingerprint density at radius 3 is 2.44 bits per heavy atom. The van der Waals surface area contributed by atoms with Gasteiger partial charge in [-0.2, -0.15) is 4.99 Å². The summed E-state index contributed by atoms with van der Waals surface area (Å²) in [5, 5.41) is 0. The van der Waals surface area contributed by atoms with Crippen molar-refractivity contribution in [1.29, 1.82) is 0 Å². The first-order valence-electron chi connectivity index (χ1n) is 8.68. The van der Waals surface area contributed by atoms with E-state index in [0.717, 1.165) is 26.9 Å². The van der Waals surface area contributed by atoms with Crippen LogP contribution in [-0.2, 0) is 27.3 Å². The minimum Gasteiger partial charge on any atom is -0.468 e. The molecule has 5 nitrogen and oxygen atoms in total. The van der Waals surface area contributed by atoms with Crippen molar-refractivity contribution in [2.75, 3.05) is 7.11 Å². The van der Waals surface area contributed by atoms with Gasteiger partial charge in [-0.05, 0) is 49.6 Å². The molecule has 1 aromatic heterocycles. The molecule has 0 atom stereocenters. The van der Waals surface area contributed by atoms with Gasteiger partial charge in [0, 0.05) is 0 Å². The van der Waals surface area contributed by atoms with Gasteiger partial charge in [0.1, 0.15) is 6.54 Å². The van der Waals surface area contributed by atoms with E-state index in [1.54, 1.807) is 4.57 Å². The lowest BCUT2D eigenvalue weighted by Gasteiger charge is -2.09. The number of esters is 1. The number of thiazole rings is 1. The highest BCUT2D eigenvalue weighted by molar-refractivity contribution is 7.16. The average Bonchev–Trinajstić information content (AvgIpc) is 2.95. The van der Waals surface area contributed by atoms with Crippen LogP contribution >= 0.6 is 11.3 Å². The van der Waals surface area contributed by atoms with Gasteiger partial charge in [0.25, 0.3) is 5.91 Å². The molecule has 1 heterocycles. The molecule has 0 saturated heterocycles. The van der Waals surface area contributed by atoms with Gasteiger partial charge in [0.15, 0.2) is 4.80 Å². The Morgan fingerprint density at radius 1 is 1.11 bits per heavy atom. The lowest BCUT2D eigenvalue weighted by atomic mass is 9.97. The molecule has 140 valence electrons. The number of ether oxygens (including phenoxy) is 1. The van der Waals surface area contributed by atoms with Crippen molar-refractivity contribution in [2.45, 2.75) is 33.7 Å². The predicted molar refractivity (Wildman–Crippen MR) is 107 cm³/mol. The summed E-state index contributed by atoms with van der Waals surface area (Å²) < 4.78 is 7.49. The molecular weight excluding hydrogens is 360 g/mol. The number of carbonyl (C=O) groups excluding carboxylic acids is 2. The molecule has 3 aromatic rings. The fourth-order valence-electron chi connectivity index (χ4n) is 3.24. The zero-order chi connectivity index (χ0) is 19.6. The molecule has 0 aliphatic rings. The van der Waals surface area contributed by atoms with Crippen molar-refractivity contribution in [1.82, 2.24) is 4.57 Å². The molecule has 0 aliphatic carbocycles. The number of para-hydroxylation sites is 1. The number of nitrogens with zero attached hydrogens (tertiary/aromatic N) is 2. The van der Waals surface area contributed by atoms with Gasteiger partial charge >= 0.3 is 5.97 Å². The van der Waals surface area contributed by atoms with Gasteiger partial charge in [-0.15, -0.1) is 0 Å². The zero-order valence-corrected chi connectivity index (χ0v) is 16.7. The number of fused-ring (bicyclic) bond motifs is 1. The van der Waals surface area contributed by atoms with E-state index < -0.39 is 0 Å². The van der Waals surface area contributed by atoms with E-state index in [4.69, 9.17) is 4.74 Å². The highest BCUT2D eigenvalue weighted by Gasteiger charge is 2.13. The van der Waals surface area contributed by atoms with E-state index in [9.17, 15) is 9.59 Å². The third-order valence-corrected chi connectivity index (χ3v) is 5.55. The number of hydrogen-bond acceptors (Lipinski definition) is 4. The topological polar surface area (TPSA) is 60.7 Å². The molecule has 0 fully saturated rings. The normalized spacial score (nSPS) is 11.8. The molecule has 6 heteroatoms. The fraction of sp³-hybridized carbons (Fsp3) is 0.286. The highest BCUT2D eigenvalue weighted by atomic mass is 32.1. The molecular formula is C21H22N2O3S. The van der Waals surface area contributed by atoms with Crippen molar-refractivity contribution in [3.63, 3.8) is 0 Å². The number of aryl methyl sites for hydroxylation is 3. The minimum absolute atomic E-state index is 0.0230. The van der Waals surface area contributed by atoms with E-state index in [2.05, 4.69) is 17.1 Å². The number of benzene rings is 2. The second-order valence-electron chi connectivity index (χ2n) is 6.57. The summed E-state index contributed by atoms with van der Waals surface area (Å²) in [5.41, 5.74) is 5.24. The summed E-state index contributed by atoms with van der Waals surface area (Å²) in [6.07, 6.45) is 0.240. The molecule has 0 bridgehead atoms. The summed E-state index contributed by atoms with van der Waals surface area (Å²) in [6.45, 7) is 6.09. The van der Waals surface area contributed by atoms with E-state index in [-0.39, 0.29) is 24.8 Å². The summed E-state index contributed by atoms with van der Waals surface area (Å²) in [7, 11) is 1.35. The van der Waals surface area contributed by atoms with Crippen molar-refractivity contribution in [3.8, 4) is 0 Å². The van der Waals surface area contributed by atoms with Crippen LogP contribution in [0.25, 0.3) is 10.2 Å². The Morgan fingerprint density at radius 2 is 1.78 bits per heavy atom. The number of methoxy groups -OCH3 is 1. The molecule has 0 spiro atoms. The summed E-state index contributed by atoms with van der Waals surface area (Å²) >= 11 is 1.39. The quantitative estimate of drug-likeness (QED) is 0.649. The Labute approximate surface area is 161 Å². The van der Waals surface area contributed by atoms with Gasteiger partial charge in [-0.3, -0.25) is 9.59 Å². The lowest BCUT2D eigenvalue weighted by molar-refractivity contribution is -0.141. The van der Waals surface area contributed by atoms with Crippen molar-refractivity contribution >= 4 is 33.4 Å². The van der Waals surface area contributed by atoms with Crippen LogP contribution in [0.2, 0.25) is 0 Å². The third-order valence-electron chi connectivity index (χ3n) is 4.49. The number of carbonyl (C=O) groups is 2. The SMILES string of the molecule is COC(=O)Cn1c(=NC(=O)Cc2c(C)cc(C)cc2C)sc2ccccc21. The van der Waals surface area contributed by atoms with Crippen molar-refractivity contribution in [2.24, 2.45) is 4.99 Å². The standard InChI is InChI=1S/C21H22N2O3S/c1-13-9-14(2)16(15(3)10-13)11-19(24)22-21-23(12-20(25)26-4)17-7-5-6-8-18(17)27-21/h5-10H,11-12H2,1-4H3. The van der Waals surface area contributed by atoms with Crippen molar-refractivity contribution in [3.05, 3.63) is 63.5 Å². The van der Waals surface area contributed by atoms with Gasteiger partial charge in [0.05, 0.1) is 23.7 Å². The van der Waals surface area contributed by atoms with Crippen molar-refractivity contribution < 1.29 is 14.3 Å². The molecule has 1 amide bonds. The molecule has 0 radical (unpaired) electrons. The maximum absolute atomic E-state index is 12.7. The molecule has 0 unspecified atom stereocenters. The summed E-state index contributed by atoms with van der Waals surface area (Å²) in [6, 6.07) is 11.8. The highest BCUT2D eigenvalue weighted by Crippen LogP contribution is 2.19. The molecule has 2 aromatic carbocycles. The van der Waals surface area contributed by atoms with Gasteiger partial charge in [-0.1, -0.05) is 41.2 Å². The van der Waals surface area contributed by atoms with Crippen LogP contribution in [-0.4, -0.2) is 23.6 Å². The average molecular weight is 382 g/mol. The predicted octanol–water partition coefficient (Wildman–Crippen LogP) is 3.47. The first-order chi connectivity index (χ1) is 12.9. The molecule has 0 aliphatic heterocycles. The Kier molecular flexibility index (Phi) is 5.56. The van der Waals surface area contributed by atoms with Gasteiger partial charge < -0.3 is 9.30 Å². The maximum atomic E-state index is 12.7. The second kappa shape index (κ2) is 7.88. The first-order valence-corrected chi connectivity index (χ1v) is 9.50. The molecule has 0 N–H and O–H groups in total. The van der Waals surface area contributed by atoms with Gasteiger partial charge in [0.2, 0.25) is 0 Å². The van der Waals surface area contributed by atoms with E-state index in [1.807, 2.05) is 45.0 Å². The zero-order valence-electron chi connectivity index (χ0n) is 15.9. The maximum Gasteiger partial charge on any atom is 0.325 e. The third kappa shape index (κ3) is 4.17. The Balaban J connectivity index is 2.01. The van der Waals surface area contributed by atoms with Crippen LogP contribution in [0.15, 0.2) is 41.4 Å². The summed E-state index contributed by atoms with van der Waals surface area (Å²) in [4.78, 5) is 29.3. The summed E-state index contributed by atoms with van der Waals surface area (Å²) in [5.74, 6) is -0.604. The minimum atomic E-state index is -0.377. The smallest absolute Gasteiger partial charge is 0.325 e. The molecule has 0 saturated carbocycles. The Bertz CT molecular complexity index is 1070. The fourth-order valence-corrected chi connectivity index (χ4v) is 4.29. The van der Waals surface area contributed by atoms with Crippen LogP contribution in [0.5, 0.6) is 0 Å². The molecule has 27 heavy (non-hydrogen) atoms.